The van der Waals surface area contributed by atoms with E-state index >= 15 is 0 Å². The van der Waals surface area contributed by atoms with Gasteiger partial charge in [-0.05, 0) is 0 Å². The maximum atomic E-state index is 7.00. The molecule has 14 heavy (non-hydrogen) atoms. The molecule has 4 N–H and O–H groups in total. The molecule has 2 aromatic rings. The Morgan fingerprint density at radius 2 is 1.14 bits per heavy atom. The normalized spacial score (nSPS) is 6.57. The van der Waals surface area contributed by atoms with Crippen LogP contribution in [0.15, 0.2) is 37.4 Å². The zero-order chi connectivity index (χ0) is 11.1. The van der Waals surface area contributed by atoms with E-state index in [2.05, 4.69) is 19.9 Å². The monoisotopic (exact) mass is 200 g/mol. The molecular weight excluding hydrogens is 184 g/mol. The van der Waals surface area contributed by atoms with Crippen molar-refractivity contribution in [3.63, 3.8) is 0 Å². The molecule has 0 saturated carbocycles. The van der Waals surface area contributed by atoms with Gasteiger partial charge in [0.2, 0.25) is 0 Å². The predicted molar refractivity (Wildman–Crippen MR) is 53.5 cm³/mol. The number of aliphatic hydroxyl groups is 2. The van der Waals surface area contributed by atoms with Gasteiger partial charge in [0, 0.05) is 39.0 Å². The van der Waals surface area contributed by atoms with E-state index in [0.717, 1.165) is 14.2 Å². The van der Waals surface area contributed by atoms with Gasteiger partial charge in [-0.25, -0.2) is 9.97 Å². The number of hydrogen-bond donors (Lipinski definition) is 4. The predicted octanol–water partition coefficient (Wildman–Crippen LogP) is 0.0364. The van der Waals surface area contributed by atoms with Crippen molar-refractivity contribution in [2.24, 2.45) is 0 Å². The van der Waals surface area contributed by atoms with Crippen molar-refractivity contribution in [2.75, 3.05) is 14.2 Å². The Balaban J connectivity index is 0. The maximum absolute atomic E-state index is 7.00. The molecule has 0 radical (unpaired) electrons. The van der Waals surface area contributed by atoms with E-state index in [1.165, 1.54) is 0 Å². The lowest BCUT2D eigenvalue weighted by atomic mass is 11.0. The summed E-state index contributed by atoms with van der Waals surface area (Å²) in [6.07, 6.45) is 10.2. The van der Waals surface area contributed by atoms with Crippen LogP contribution >= 0.6 is 0 Å². The second kappa shape index (κ2) is 17.4. The Kier molecular flexibility index (Phi) is 18.5. The smallest absolute Gasteiger partial charge is 0.0919 e. The molecule has 0 bridgehead atoms. The van der Waals surface area contributed by atoms with Crippen LogP contribution in [-0.2, 0) is 0 Å². The van der Waals surface area contributed by atoms with Crippen LogP contribution in [0.1, 0.15) is 0 Å². The second-order valence-electron chi connectivity index (χ2n) is 1.52. The first-order chi connectivity index (χ1) is 7.00. The molecule has 0 saturated heterocycles. The quantitative estimate of drug-likeness (QED) is 0.482. The van der Waals surface area contributed by atoms with Gasteiger partial charge in [-0.2, -0.15) is 0 Å². The minimum absolute atomic E-state index is 1.00. The zero-order valence-corrected chi connectivity index (χ0v) is 8.25. The van der Waals surface area contributed by atoms with Gasteiger partial charge in [0.25, 0.3) is 0 Å². The molecule has 2 aromatic heterocycles. The minimum Gasteiger partial charge on any atom is -0.400 e. The number of aliphatic hydroxyl groups excluding tert-OH is 2. The molecule has 0 fully saturated rings. The number of nitrogens with zero attached hydrogens (tertiary/aromatic N) is 2. The second-order valence-corrected chi connectivity index (χ2v) is 1.52. The molecule has 2 heterocycles. The van der Waals surface area contributed by atoms with Crippen LogP contribution in [0.3, 0.4) is 0 Å². The SMILES string of the molecule is CO.CO.c1c[nH]cn1.c1c[nH]cn1. The van der Waals surface area contributed by atoms with Crippen LogP contribution in [0.4, 0.5) is 0 Å². The van der Waals surface area contributed by atoms with E-state index in [1.54, 1.807) is 37.4 Å². The van der Waals surface area contributed by atoms with E-state index in [1.807, 2.05) is 0 Å². The van der Waals surface area contributed by atoms with E-state index < -0.39 is 0 Å². The summed E-state index contributed by atoms with van der Waals surface area (Å²) in [6.45, 7) is 0. The van der Waals surface area contributed by atoms with Gasteiger partial charge >= 0.3 is 0 Å². The summed E-state index contributed by atoms with van der Waals surface area (Å²) in [5, 5.41) is 14.0. The number of hydrogen-bond acceptors (Lipinski definition) is 4. The first-order valence-corrected chi connectivity index (χ1v) is 3.75. The maximum Gasteiger partial charge on any atom is 0.0919 e. The van der Waals surface area contributed by atoms with E-state index in [-0.39, 0.29) is 0 Å². The van der Waals surface area contributed by atoms with Crippen LogP contribution in [-0.4, -0.2) is 44.4 Å². The summed E-state index contributed by atoms with van der Waals surface area (Å²) in [5.74, 6) is 0. The third-order valence-electron chi connectivity index (χ3n) is 0.812. The van der Waals surface area contributed by atoms with Gasteiger partial charge in [0.15, 0.2) is 0 Å². The summed E-state index contributed by atoms with van der Waals surface area (Å²) in [7, 11) is 2.00. The summed E-state index contributed by atoms with van der Waals surface area (Å²) in [5.41, 5.74) is 0. The summed E-state index contributed by atoms with van der Waals surface area (Å²) < 4.78 is 0. The molecule has 2 rings (SSSR count). The highest BCUT2D eigenvalue weighted by Crippen LogP contribution is 1.63. The van der Waals surface area contributed by atoms with Gasteiger partial charge in [-0.3, -0.25) is 0 Å². The average molecular weight is 200 g/mol. The molecule has 0 amide bonds. The standard InChI is InChI=1S/2C3H4N2.2CH4O/c2*1-2-5-3-4-1;2*1-2/h2*1-3H,(H,4,5);2*2H,1H3. The molecule has 0 unspecified atom stereocenters. The van der Waals surface area contributed by atoms with E-state index in [0.29, 0.717) is 0 Å². The lowest BCUT2D eigenvalue weighted by Gasteiger charge is -1.46. The summed E-state index contributed by atoms with van der Waals surface area (Å²) in [4.78, 5) is 12.8. The molecule has 0 aromatic carbocycles. The molecule has 80 valence electrons. The Hall–Kier alpha value is -1.66. The van der Waals surface area contributed by atoms with Crippen LogP contribution in [0.25, 0.3) is 0 Å². The third kappa shape index (κ3) is 13.0. The zero-order valence-electron chi connectivity index (χ0n) is 8.25. The van der Waals surface area contributed by atoms with Crippen molar-refractivity contribution >= 4 is 0 Å². The summed E-state index contributed by atoms with van der Waals surface area (Å²) >= 11 is 0. The van der Waals surface area contributed by atoms with Crippen LogP contribution in [0, 0.1) is 0 Å². The number of imidazole rings is 2. The van der Waals surface area contributed by atoms with Gasteiger partial charge < -0.3 is 20.2 Å². The van der Waals surface area contributed by atoms with E-state index in [4.69, 9.17) is 10.2 Å². The van der Waals surface area contributed by atoms with Crippen LogP contribution in [0.2, 0.25) is 0 Å². The van der Waals surface area contributed by atoms with Crippen LogP contribution < -0.4 is 0 Å². The average Bonchev–Trinajstić information content (AvgIpc) is 3.01. The van der Waals surface area contributed by atoms with Gasteiger partial charge in [0.1, 0.15) is 0 Å². The fourth-order valence-corrected chi connectivity index (χ4v) is 0.430. The number of H-pyrrole nitrogens is 2. The number of aromatic nitrogens is 4. The number of aromatic amines is 2. The highest BCUT2D eigenvalue weighted by atomic mass is 16.2. The summed E-state index contributed by atoms with van der Waals surface area (Å²) in [6, 6.07) is 0. The Bertz CT molecular complexity index is 159. The molecule has 0 atom stereocenters. The number of nitrogens with one attached hydrogen (secondary N) is 2. The van der Waals surface area contributed by atoms with Crippen LogP contribution in [0.5, 0.6) is 0 Å². The Labute approximate surface area is 82.7 Å². The van der Waals surface area contributed by atoms with E-state index in [9.17, 15) is 0 Å². The fourth-order valence-electron chi connectivity index (χ4n) is 0.430. The lowest BCUT2D eigenvalue weighted by molar-refractivity contribution is 0.399. The van der Waals surface area contributed by atoms with Gasteiger partial charge in [0.05, 0.1) is 12.7 Å². The topological polar surface area (TPSA) is 97.8 Å². The van der Waals surface area contributed by atoms with Crippen molar-refractivity contribution in [2.45, 2.75) is 0 Å². The first-order valence-electron chi connectivity index (χ1n) is 3.75. The Morgan fingerprint density at radius 3 is 1.21 bits per heavy atom. The first kappa shape index (κ1) is 14.8. The number of rotatable bonds is 0. The molecule has 6 nitrogen and oxygen atoms in total. The van der Waals surface area contributed by atoms with Crippen molar-refractivity contribution in [3.05, 3.63) is 37.4 Å². The van der Waals surface area contributed by atoms with Gasteiger partial charge in [-0.15, -0.1) is 0 Å². The Morgan fingerprint density at radius 1 is 0.786 bits per heavy atom. The fraction of sp³-hybridized carbons (Fsp3) is 0.250. The van der Waals surface area contributed by atoms with Crippen molar-refractivity contribution < 1.29 is 10.2 Å². The molecule has 6 heteroatoms. The highest BCUT2D eigenvalue weighted by Gasteiger charge is 1.56. The molecule has 0 aliphatic heterocycles. The molecule has 0 aliphatic rings. The van der Waals surface area contributed by atoms with Gasteiger partial charge in [-0.1, -0.05) is 0 Å². The third-order valence-corrected chi connectivity index (χ3v) is 0.812. The molecule has 0 spiro atoms. The van der Waals surface area contributed by atoms with Crippen molar-refractivity contribution in [1.82, 2.24) is 19.9 Å². The van der Waals surface area contributed by atoms with Crippen molar-refractivity contribution in [3.8, 4) is 0 Å². The van der Waals surface area contributed by atoms with Crippen molar-refractivity contribution in [1.29, 1.82) is 0 Å². The molecule has 0 aliphatic carbocycles. The molecular formula is C8H16N4O2. The highest BCUT2D eigenvalue weighted by molar-refractivity contribution is 4.65. The minimum atomic E-state index is 1.00. The lowest BCUT2D eigenvalue weighted by Crippen LogP contribution is -1.44. The largest absolute Gasteiger partial charge is 0.400 e.